The molecule has 2 rings (SSSR count). The largest absolute Gasteiger partial charge is 0.457 e. The van der Waals surface area contributed by atoms with Crippen LogP contribution in [0.15, 0.2) is 53.4 Å². The lowest BCUT2D eigenvalue weighted by Crippen LogP contribution is -2.22. The van der Waals surface area contributed by atoms with Gasteiger partial charge < -0.3 is 4.74 Å². The van der Waals surface area contributed by atoms with E-state index in [4.69, 9.17) is 4.74 Å². The van der Waals surface area contributed by atoms with Crippen molar-refractivity contribution in [3.05, 3.63) is 65.2 Å². The predicted octanol–water partition coefficient (Wildman–Crippen LogP) is 3.31. The number of rotatable bonds is 5. The van der Waals surface area contributed by atoms with Crippen molar-refractivity contribution in [2.45, 2.75) is 17.7 Å². The van der Waals surface area contributed by atoms with Crippen molar-refractivity contribution in [2.75, 3.05) is 14.1 Å². The Labute approximate surface area is 149 Å². The summed E-state index contributed by atoms with van der Waals surface area (Å²) in [6.45, 7) is -0.549. The lowest BCUT2D eigenvalue weighted by Gasteiger charge is -2.13. The normalized spacial score (nSPS) is 12.2. The zero-order valence-electron chi connectivity index (χ0n) is 13.9. The maximum absolute atomic E-state index is 12.9. The maximum atomic E-state index is 12.9. The second-order valence-corrected chi connectivity index (χ2v) is 7.69. The van der Waals surface area contributed by atoms with Crippen LogP contribution in [0, 0.1) is 0 Å². The molecule has 0 radical (unpaired) electrons. The number of hydrogen-bond acceptors (Lipinski definition) is 4. The second kappa shape index (κ2) is 7.46. The summed E-state index contributed by atoms with van der Waals surface area (Å²) < 4.78 is 68.6. The first-order valence-corrected chi connectivity index (χ1v) is 8.82. The minimum Gasteiger partial charge on any atom is -0.457 e. The summed E-state index contributed by atoms with van der Waals surface area (Å²) in [6.07, 6.45) is -4.55. The van der Waals surface area contributed by atoms with E-state index in [0.29, 0.717) is 0 Å². The highest BCUT2D eigenvalue weighted by molar-refractivity contribution is 7.89. The van der Waals surface area contributed by atoms with Crippen LogP contribution >= 0.6 is 0 Å². The molecule has 2 aromatic carbocycles. The number of benzene rings is 2. The zero-order valence-corrected chi connectivity index (χ0v) is 14.8. The zero-order chi connectivity index (χ0) is 19.5. The van der Waals surface area contributed by atoms with Crippen LogP contribution in [0.5, 0.6) is 0 Å². The Morgan fingerprint density at radius 3 is 2.15 bits per heavy atom. The summed E-state index contributed by atoms with van der Waals surface area (Å²) >= 11 is 0. The highest BCUT2D eigenvalue weighted by Crippen LogP contribution is 2.32. The Morgan fingerprint density at radius 1 is 1.04 bits per heavy atom. The monoisotopic (exact) mass is 387 g/mol. The number of hydrogen-bond donors (Lipinski definition) is 0. The molecule has 0 amide bonds. The van der Waals surface area contributed by atoms with E-state index in [0.717, 1.165) is 10.4 Å². The number of alkyl halides is 3. The third kappa shape index (κ3) is 4.41. The minimum atomic E-state index is -4.55. The van der Waals surface area contributed by atoms with E-state index in [1.165, 1.54) is 56.6 Å². The van der Waals surface area contributed by atoms with Crippen LogP contribution in [0.4, 0.5) is 13.2 Å². The van der Waals surface area contributed by atoms with E-state index < -0.39 is 34.3 Å². The van der Waals surface area contributed by atoms with Crippen LogP contribution in [-0.4, -0.2) is 32.8 Å². The summed E-state index contributed by atoms with van der Waals surface area (Å²) in [5.41, 5.74) is -1.01. The first-order valence-electron chi connectivity index (χ1n) is 7.38. The fourth-order valence-corrected chi connectivity index (χ4v) is 3.02. The highest BCUT2D eigenvalue weighted by Gasteiger charge is 2.33. The number of carbonyl (C=O) groups excluding carboxylic acids is 1. The summed E-state index contributed by atoms with van der Waals surface area (Å²) in [5, 5.41) is 0. The molecule has 0 N–H and O–H groups in total. The molecule has 5 nitrogen and oxygen atoms in total. The fraction of sp³-hybridized carbons (Fsp3) is 0.235. The van der Waals surface area contributed by atoms with Gasteiger partial charge in [-0.2, -0.15) is 13.2 Å². The summed E-state index contributed by atoms with van der Waals surface area (Å²) in [4.78, 5) is 12.0. The van der Waals surface area contributed by atoms with Crippen molar-refractivity contribution >= 4 is 16.0 Å². The molecule has 0 atom stereocenters. The van der Waals surface area contributed by atoms with Gasteiger partial charge in [0.05, 0.1) is 16.0 Å². The molecule has 0 fully saturated rings. The molecule has 140 valence electrons. The van der Waals surface area contributed by atoms with E-state index in [9.17, 15) is 26.4 Å². The molecule has 0 spiro atoms. The molecule has 0 aliphatic heterocycles. The van der Waals surface area contributed by atoms with Gasteiger partial charge in [-0.25, -0.2) is 17.5 Å². The van der Waals surface area contributed by atoms with E-state index in [1.807, 2.05) is 0 Å². The average Bonchev–Trinajstić information content (AvgIpc) is 2.59. The molecular weight excluding hydrogens is 371 g/mol. The maximum Gasteiger partial charge on any atom is 0.416 e. The van der Waals surface area contributed by atoms with Gasteiger partial charge in [0.1, 0.15) is 6.61 Å². The Balaban J connectivity index is 2.13. The summed E-state index contributed by atoms with van der Waals surface area (Å²) in [7, 11) is -0.899. The SMILES string of the molecule is CN(C)S(=O)(=O)c1ccc(C(=O)OCc2ccccc2C(F)(F)F)cc1. The van der Waals surface area contributed by atoms with Crippen LogP contribution < -0.4 is 0 Å². The smallest absolute Gasteiger partial charge is 0.416 e. The molecule has 0 bridgehead atoms. The Morgan fingerprint density at radius 2 is 1.62 bits per heavy atom. The molecule has 2 aromatic rings. The van der Waals surface area contributed by atoms with Gasteiger partial charge in [0, 0.05) is 19.7 Å². The molecular formula is C17H16F3NO4S. The van der Waals surface area contributed by atoms with Gasteiger partial charge in [0.2, 0.25) is 10.0 Å². The van der Waals surface area contributed by atoms with E-state index >= 15 is 0 Å². The van der Waals surface area contributed by atoms with Gasteiger partial charge in [-0.05, 0) is 30.3 Å². The second-order valence-electron chi connectivity index (χ2n) is 5.54. The van der Waals surface area contributed by atoms with E-state index in [2.05, 4.69) is 0 Å². The average molecular weight is 387 g/mol. The van der Waals surface area contributed by atoms with Gasteiger partial charge >= 0.3 is 12.1 Å². The molecule has 0 unspecified atom stereocenters. The quantitative estimate of drug-likeness (QED) is 0.739. The van der Waals surface area contributed by atoms with Crippen LogP contribution in [0.3, 0.4) is 0 Å². The van der Waals surface area contributed by atoms with Crippen molar-refractivity contribution in [1.29, 1.82) is 0 Å². The van der Waals surface area contributed by atoms with Crippen molar-refractivity contribution in [3.8, 4) is 0 Å². The molecule has 0 aliphatic carbocycles. The number of ether oxygens (including phenoxy) is 1. The van der Waals surface area contributed by atoms with E-state index in [-0.39, 0.29) is 16.0 Å². The minimum absolute atomic E-state index is 0.0125. The number of nitrogens with zero attached hydrogens (tertiary/aromatic N) is 1. The van der Waals surface area contributed by atoms with Crippen molar-refractivity contribution in [3.63, 3.8) is 0 Å². The van der Waals surface area contributed by atoms with Crippen molar-refractivity contribution in [2.24, 2.45) is 0 Å². The highest BCUT2D eigenvalue weighted by atomic mass is 32.2. The summed E-state index contributed by atoms with van der Waals surface area (Å²) in [6, 6.07) is 9.75. The predicted molar refractivity (Wildman–Crippen MR) is 87.9 cm³/mol. The van der Waals surface area contributed by atoms with Gasteiger partial charge in [-0.15, -0.1) is 0 Å². The van der Waals surface area contributed by atoms with Gasteiger partial charge in [-0.3, -0.25) is 0 Å². The fourth-order valence-electron chi connectivity index (χ4n) is 2.12. The number of sulfonamides is 1. The van der Waals surface area contributed by atoms with Gasteiger partial charge in [-0.1, -0.05) is 18.2 Å². The Bertz CT molecular complexity index is 891. The standard InChI is InChI=1S/C17H16F3NO4S/c1-21(2)26(23,24)14-9-7-12(8-10-14)16(22)25-11-13-5-3-4-6-15(13)17(18,19)20/h3-10H,11H2,1-2H3. The lowest BCUT2D eigenvalue weighted by atomic mass is 10.1. The molecule has 0 saturated carbocycles. The van der Waals surface area contributed by atoms with Gasteiger partial charge in [0.25, 0.3) is 0 Å². The van der Waals surface area contributed by atoms with E-state index in [1.54, 1.807) is 0 Å². The number of carbonyl (C=O) groups is 1. The third-order valence-electron chi connectivity index (χ3n) is 3.55. The van der Waals surface area contributed by atoms with Crippen LogP contribution in [0.1, 0.15) is 21.5 Å². The molecule has 0 heterocycles. The van der Waals surface area contributed by atoms with Crippen LogP contribution in [0.2, 0.25) is 0 Å². The first-order chi connectivity index (χ1) is 12.0. The molecule has 0 aliphatic rings. The van der Waals surface area contributed by atoms with Crippen LogP contribution in [-0.2, 0) is 27.5 Å². The Kier molecular flexibility index (Phi) is 5.72. The third-order valence-corrected chi connectivity index (χ3v) is 5.38. The summed E-state index contributed by atoms with van der Waals surface area (Å²) in [5.74, 6) is -0.851. The molecule has 0 aromatic heterocycles. The van der Waals surface area contributed by atoms with Crippen LogP contribution in [0.25, 0.3) is 0 Å². The molecule has 0 saturated heterocycles. The molecule has 26 heavy (non-hydrogen) atoms. The van der Waals surface area contributed by atoms with Crippen molar-refractivity contribution in [1.82, 2.24) is 4.31 Å². The van der Waals surface area contributed by atoms with Crippen molar-refractivity contribution < 1.29 is 31.1 Å². The topological polar surface area (TPSA) is 63.7 Å². The lowest BCUT2D eigenvalue weighted by molar-refractivity contribution is -0.138. The van der Waals surface area contributed by atoms with Gasteiger partial charge in [0.15, 0.2) is 0 Å². The molecule has 9 heteroatoms. The number of esters is 1. The first kappa shape index (κ1) is 19.9. The number of halogens is 3. The Hall–Kier alpha value is -2.39.